The third-order valence-electron chi connectivity index (χ3n) is 6.25. The average Bonchev–Trinajstić information content (AvgIpc) is 2.87. The van der Waals surface area contributed by atoms with Crippen LogP contribution in [0.4, 0.5) is 4.79 Å². The van der Waals surface area contributed by atoms with Crippen molar-refractivity contribution in [3.05, 3.63) is 69.9 Å². The SMILES string of the molecule is COC(=O)N/C=C/CCC(C)c1cc(O)c(C(=O)C(C)CC(C)Cc2ccc(OCC(C)C)cc2)c(=O)o1. The van der Waals surface area contributed by atoms with E-state index < -0.39 is 23.4 Å². The Labute approximate surface area is 225 Å². The molecule has 8 nitrogen and oxygen atoms in total. The summed E-state index contributed by atoms with van der Waals surface area (Å²) in [5.41, 5.74) is 0.0244. The maximum absolute atomic E-state index is 13.1. The lowest BCUT2D eigenvalue weighted by molar-refractivity contribution is 0.0905. The number of amides is 1. The number of benzene rings is 1. The Kier molecular flexibility index (Phi) is 12.1. The normalized spacial score (nSPS) is 13.8. The van der Waals surface area contributed by atoms with Gasteiger partial charge in [0.05, 0.1) is 13.7 Å². The van der Waals surface area contributed by atoms with E-state index in [1.165, 1.54) is 19.4 Å². The lowest BCUT2D eigenvalue weighted by Gasteiger charge is -2.17. The van der Waals surface area contributed by atoms with Crippen molar-refractivity contribution in [2.45, 2.75) is 66.2 Å². The van der Waals surface area contributed by atoms with Gasteiger partial charge in [0, 0.05) is 24.1 Å². The number of nitrogens with one attached hydrogen (secondary N) is 1. The maximum Gasteiger partial charge on any atom is 0.410 e. The molecule has 208 valence electrons. The molecule has 2 N–H and O–H groups in total. The minimum absolute atomic E-state index is 0.180. The summed E-state index contributed by atoms with van der Waals surface area (Å²) in [6.45, 7) is 10.6. The van der Waals surface area contributed by atoms with Crippen LogP contribution in [0.2, 0.25) is 0 Å². The van der Waals surface area contributed by atoms with Gasteiger partial charge in [0.2, 0.25) is 0 Å². The third kappa shape index (κ3) is 9.72. The monoisotopic (exact) mass is 527 g/mol. The molecule has 38 heavy (non-hydrogen) atoms. The number of rotatable bonds is 14. The minimum atomic E-state index is -0.823. The molecule has 2 rings (SSSR count). The zero-order valence-electron chi connectivity index (χ0n) is 23.3. The summed E-state index contributed by atoms with van der Waals surface area (Å²) in [6.07, 6.45) is 5.22. The van der Waals surface area contributed by atoms with Crippen LogP contribution >= 0.6 is 0 Å². The second kappa shape index (κ2) is 15.0. The predicted molar refractivity (Wildman–Crippen MR) is 147 cm³/mol. The lowest BCUT2D eigenvalue weighted by Crippen LogP contribution is -2.23. The van der Waals surface area contributed by atoms with Gasteiger partial charge in [-0.2, -0.15) is 0 Å². The first kappa shape index (κ1) is 30.7. The van der Waals surface area contributed by atoms with Gasteiger partial charge in [-0.05, 0) is 55.2 Å². The Balaban J connectivity index is 1.95. The molecule has 1 amide bonds. The molecule has 3 unspecified atom stereocenters. The summed E-state index contributed by atoms with van der Waals surface area (Å²) in [5, 5.41) is 13.0. The number of aromatic hydroxyl groups is 1. The van der Waals surface area contributed by atoms with Crippen LogP contribution in [0.3, 0.4) is 0 Å². The van der Waals surface area contributed by atoms with Crippen molar-refractivity contribution in [1.29, 1.82) is 0 Å². The Morgan fingerprint density at radius 2 is 1.79 bits per heavy atom. The molecule has 0 aliphatic carbocycles. The summed E-state index contributed by atoms with van der Waals surface area (Å²) in [7, 11) is 1.28. The number of methoxy groups -OCH3 is 1. The largest absolute Gasteiger partial charge is 0.507 e. The van der Waals surface area contributed by atoms with Crippen LogP contribution in [-0.4, -0.2) is 30.7 Å². The molecule has 1 aromatic carbocycles. The molecule has 0 aliphatic rings. The highest BCUT2D eigenvalue weighted by molar-refractivity contribution is 5.99. The van der Waals surface area contributed by atoms with E-state index in [1.807, 2.05) is 31.2 Å². The van der Waals surface area contributed by atoms with Gasteiger partial charge in [-0.25, -0.2) is 9.59 Å². The Hall–Kier alpha value is -3.55. The van der Waals surface area contributed by atoms with Crippen molar-refractivity contribution in [1.82, 2.24) is 5.32 Å². The van der Waals surface area contributed by atoms with Crippen molar-refractivity contribution < 1.29 is 28.6 Å². The minimum Gasteiger partial charge on any atom is -0.507 e. The number of hydrogen-bond acceptors (Lipinski definition) is 7. The van der Waals surface area contributed by atoms with E-state index >= 15 is 0 Å². The van der Waals surface area contributed by atoms with Crippen LogP contribution in [0.15, 0.2) is 51.8 Å². The molecule has 2 aromatic rings. The summed E-state index contributed by atoms with van der Waals surface area (Å²) in [4.78, 5) is 36.8. The molecule has 8 heteroatoms. The number of ketones is 1. The first-order valence-electron chi connectivity index (χ1n) is 13.1. The van der Waals surface area contributed by atoms with E-state index in [4.69, 9.17) is 9.15 Å². The molecule has 0 aliphatic heterocycles. The van der Waals surface area contributed by atoms with Gasteiger partial charge in [-0.1, -0.05) is 52.8 Å². The van der Waals surface area contributed by atoms with Crippen LogP contribution in [0.5, 0.6) is 11.5 Å². The first-order chi connectivity index (χ1) is 18.0. The highest BCUT2D eigenvalue weighted by atomic mass is 16.5. The van der Waals surface area contributed by atoms with Gasteiger partial charge in [0.25, 0.3) is 0 Å². The molecule has 0 fully saturated rings. The fourth-order valence-corrected chi connectivity index (χ4v) is 4.15. The van der Waals surface area contributed by atoms with Crippen molar-refractivity contribution >= 4 is 11.9 Å². The fourth-order valence-electron chi connectivity index (χ4n) is 4.15. The number of allylic oxidation sites excluding steroid dienone is 1. The van der Waals surface area contributed by atoms with E-state index in [-0.39, 0.29) is 23.1 Å². The van der Waals surface area contributed by atoms with Crippen molar-refractivity contribution in [2.24, 2.45) is 17.8 Å². The summed E-state index contributed by atoms with van der Waals surface area (Å²) in [6, 6.07) is 9.34. The van der Waals surface area contributed by atoms with Gasteiger partial charge in [0.15, 0.2) is 5.78 Å². The van der Waals surface area contributed by atoms with Gasteiger partial charge >= 0.3 is 11.7 Å². The lowest BCUT2D eigenvalue weighted by atomic mass is 9.87. The molecule has 3 atom stereocenters. The number of alkyl carbamates (subject to hydrolysis) is 1. The van der Waals surface area contributed by atoms with Gasteiger partial charge < -0.3 is 19.0 Å². The molecule has 1 aromatic heterocycles. The van der Waals surface area contributed by atoms with E-state index in [2.05, 4.69) is 30.8 Å². The summed E-state index contributed by atoms with van der Waals surface area (Å²) < 4.78 is 15.6. The highest BCUT2D eigenvalue weighted by Crippen LogP contribution is 2.28. The molecule has 0 spiro atoms. The topological polar surface area (TPSA) is 115 Å². The fraction of sp³-hybridized carbons (Fsp3) is 0.500. The summed E-state index contributed by atoms with van der Waals surface area (Å²) >= 11 is 0. The Morgan fingerprint density at radius 1 is 1.11 bits per heavy atom. The summed E-state index contributed by atoms with van der Waals surface area (Å²) in [5.74, 6) is 0.380. The number of hydrogen-bond donors (Lipinski definition) is 2. The van der Waals surface area contributed by atoms with Gasteiger partial charge in [-0.15, -0.1) is 0 Å². The molecule has 0 saturated carbocycles. The predicted octanol–water partition coefficient (Wildman–Crippen LogP) is 6.22. The number of carbonyl (C=O) groups is 2. The van der Waals surface area contributed by atoms with Crippen LogP contribution < -0.4 is 15.7 Å². The number of carbonyl (C=O) groups excluding carboxylic acids is 2. The zero-order valence-corrected chi connectivity index (χ0v) is 23.3. The molecular weight excluding hydrogens is 486 g/mol. The van der Waals surface area contributed by atoms with Gasteiger partial charge in [-0.3, -0.25) is 10.1 Å². The number of Topliss-reactive ketones (excluding diaryl/α,β-unsaturated/α-hetero) is 1. The first-order valence-corrected chi connectivity index (χ1v) is 13.1. The van der Waals surface area contributed by atoms with E-state index in [9.17, 15) is 19.5 Å². The number of ether oxygens (including phenoxy) is 2. The maximum atomic E-state index is 13.1. The molecular formula is C30H41NO7. The standard InChI is InChI=1S/C30H41NO7/c1-19(2)18-37-24-12-10-23(11-13-24)16-20(3)15-22(5)28(33)27-25(32)17-26(38-29(27)34)21(4)9-7-8-14-31-30(35)36-6/h8,10-14,17,19-22,32H,7,9,15-16,18H2,1-6H3,(H,31,35)/b14-8+. The van der Waals surface area contributed by atoms with E-state index in [0.29, 0.717) is 37.5 Å². The van der Waals surface area contributed by atoms with Crippen molar-refractivity contribution in [3.63, 3.8) is 0 Å². The van der Waals surface area contributed by atoms with Crippen molar-refractivity contribution in [2.75, 3.05) is 13.7 Å². The second-order valence-corrected chi connectivity index (χ2v) is 10.4. The molecule has 0 saturated heterocycles. The quantitative estimate of drug-likeness (QED) is 0.280. The highest BCUT2D eigenvalue weighted by Gasteiger charge is 2.26. The Bertz CT molecular complexity index is 1130. The zero-order chi connectivity index (χ0) is 28.2. The molecule has 0 radical (unpaired) electrons. The van der Waals surface area contributed by atoms with Gasteiger partial charge in [0.1, 0.15) is 22.8 Å². The van der Waals surface area contributed by atoms with Crippen molar-refractivity contribution in [3.8, 4) is 11.5 Å². The third-order valence-corrected chi connectivity index (χ3v) is 6.25. The van der Waals surface area contributed by atoms with Crippen LogP contribution in [0.25, 0.3) is 0 Å². The molecule has 0 bridgehead atoms. The second-order valence-electron chi connectivity index (χ2n) is 10.4. The average molecular weight is 528 g/mol. The van der Waals surface area contributed by atoms with Crippen LogP contribution in [0.1, 0.15) is 81.5 Å². The van der Waals surface area contributed by atoms with Crippen LogP contribution in [-0.2, 0) is 11.2 Å². The molecule has 1 heterocycles. The smallest absolute Gasteiger partial charge is 0.410 e. The van der Waals surface area contributed by atoms with E-state index in [0.717, 1.165) is 17.7 Å². The van der Waals surface area contributed by atoms with E-state index in [1.54, 1.807) is 13.0 Å². The van der Waals surface area contributed by atoms with Crippen LogP contribution in [0, 0.1) is 17.8 Å². The Morgan fingerprint density at radius 3 is 2.39 bits per heavy atom.